The van der Waals surface area contributed by atoms with Crippen LogP contribution < -0.4 is 5.32 Å². The molecule has 0 atom stereocenters. The van der Waals surface area contributed by atoms with Gasteiger partial charge in [-0.15, -0.1) is 12.3 Å². The summed E-state index contributed by atoms with van der Waals surface area (Å²) in [5.74, 6) is 2.21. The summed E-state index contributed by atoms with van der Waals surface area (Å²) >= 11 is 3.26. The quantitative estimate of drug-likeness (QED) is 0.634. The number of rotatable bonds is 3. The first-order chi connectivity index (χ1) is 6.24. The van der Waals surface area contributed by atoms with E-state index < -0.39 is 0 Å². The normalized spacial score (nSPS) is 9.31. The van der Waals surface area contributed by atoms with E-state index >= 15 is 0 Å². The molecule has 0 saturated heterocycles. The van der Waals surface area contributed by atoms with Crippen molar-refractivity contribution >= 4 is 21.6 Å². The zero-order chi connectivity index (χ0) is 9.68. The summed E-state index contributed by atoms with van der Waals surface area (Å²) < 4.78 is 13.9. The first kappa shape index (κ1) is 10.1. The molecule has 0 unspecified atom stereocenters. The van der Waals surface area contributed by atoms with Gasteiger partial charge in [-0.3, -0.25) is 0 Å². The van der Waals surface area contributed by atoms with Crippen LogP contribution in [-0.2, 0) is 0 Å². The lowest BCUT2D eigenvalue weighted by Gasteiger charge is -2.05. The van der Waals surface area contributed by atoms with Crippen molar-refractivity contribution in [2.75, 3.05) is 11.9 Å². The van der Waals surface area contributed by atoms with Gasteiger partial charge in [-0.2, -0.15) is 0 Å². The van der Waals surface area contributed by atoms with Gasteiger partial charge in [0.15, 0.2) is 0 Å². The lowest BCUT2D eigenvalue weighted by Crippen LogP contribution is -2.02. The average Bonchev–Trinajstić information content (AvgIpc) is 2.11. The second-order valence-corrected chi connectivity index (χ2v) is 3.42. The van der Waals surface area contributed by atoms with Crippen molar-refractivity contribution in [2.45, 2.75) is 6.42 Å². The topological polar surface area (TPSA) is 12.0 Å². The number of halogens is 2. The second-order valence-electron chi connectivity index (χ2n) is 2.51. The van der Waals surface area contributed by atoms with Crippen molar-refractivity contribution in [1.29, 1.82) is 0 Å². The van der Waals surface area contributed by atoms with Gasteiger partial charge in [-0.25, -0.2) is 4.39 Å². The van der Waals surface area contributed by atoms with Crippen LogP contribution in [0.25, 0.3) is 0 Å². The minimum absolute atomic E-state index is 0.264. The van der Waals surface area contributed by atoms with E-state index in [0.717, 1.165) is 4.47 Å². The Kier molecular flexibility index (Phi) is 3.78. The molecule has 1 aromatic rings. The highest BCUT2D eigenvalue weighted by Crippen LogP contribution is 2.19. The summed E-state index contributed by atoms with van der Waals surface area (Å²) in [7, 11) is 0. The second kappa shape index (κ2) is 4.88. The van der Waals surface area contributed by atoms with E-state index in [0.29, 0.717) is 18.7 Å². The Morgan fingerprint density at radius 3 is 3.00 bits per heavy atom. The van der Waals surface area contributed by atoms with Crippen LogP contribution in [-0.4, -0.2) is 6.54 Å². The summed E-state index contributed by atoms with van der Waals surface area (Å²) in [4.78, 5) is 0. The molecule has 13 heavy (non-hydrogen) atoms. The fourth-order valence-corrected chi connectivity index (χ4v) is 1.26. The van der Waals surface area contributed by atoms with Crippen molar-refractivity contribution < 1.29 is 4.39 Å². The van der Waals surface area contributed by atoms with Gasteiger partial charge in [-0.1, -0.05) is 15.9 Å². The largest absolute Gasteiger partial charge is 0.382 e. The molecule has 0 aliphatic rings. The Balaban J connectivity index is 2.65. The van der Waals surface area contributed by atoms with Crippen LogP contribution in [0.1, 0.15) is 6.42 Å². The highest BCUT2D eigenvalue weighted by Gasteiger charge is 2.00. The molecule has 0 aliphatic carbocycles. The SMILES string of the molecule is C#CCCNc1cc(Br)ccc1F. The predicted octanol–water partition coefficient (Wildman–Crippen LogP) is 3.02. The van der Waals surface area contributed by atoms with Gasteiger partial charge in [-0.05, 0) is 18.2 Å². The molecule has 0 aliphatic heterocycles. The molecule has 1 aromatic carbocycles. The van der Waals surface area contributed by atoms with Gasteiger partial charge < -0.3 is 5.32 Å². The van der Waals surface area contributed by atoms with Crippen LogP contribution >= 0.6 is 15.9 Å². The van der Waals surface area contributed by atoms with E-state index in [2.05, 4.69) is 27.2 Å². The van der Waals surface area contributed by atoms with Crippen LogP contribution in [0, 0.1) is 18.2 Å². The van der Waals surface area contributed by atoms with Crippen LogP contribution in [0.4, 0.5) is 10.1 Å². The zero-order valence-corrected chi connectivity index (χ0v) is 8.57. The highest BCUT2D eigenvalue weighted by molar-refractivity contribution is 9.10. The van der Waals surface area contributed by atoms with Crippen LogP contribution in [0.2, 0.25) is 0 Å². The van der Waals surface area contributed by atoms with Crippen LogP contribution in [0.15, 0.2) is 22.7 Å². The van der Waals surface area contributed by atoms with E-state index in [-0.39, 0.29) is 5.82 Å². The first-order valence-corrected chi connectivity index (χ1v) is 4.65. The number of hydrogen-bond donors (Lipinski definition) is 1. The summed E-state index contributed by atoms with van der Waals surface area (Å²) in [5, 5.41) is 2.91. The Morgan fingerprint density at radius 1 is 1.54 bits per heavy atom. The summed E-state index contributed by atoms with van der Waals surface area (Å²) in [6.45, 7) is 0.587. The minimum Gasteiger partial charge on any atom is -0.382 e. The molecule has 0 saturated carbocycles. The Morgan fingerprint density at radius 2 is 2.31 bits per heavy atom. The molecule has 1 rings (SSSR count). The maximum Gasteiger partial charge on any atom is 0.146 e. The van der Waals surface area contributed by atoms with Crippen molar-refractivity contribution in [2.24, 2.45) is 0 Å². The maximum atomic E-state index is 13.1. The Hall–Kier alpha value is -1.01. The fraction of sp³-hybridized carbons (Fsp3) is 0.200. The molecule has 0 spiro atoms. The van der Waals surface area contributed by atoms with E-state index in [9.17, 15) is 4.39 Å². The minimum atomic E-state index is -0.264. The van der Waals surface area contributed by atoms with Crippen molar-refractivity contribution in [3.8, 4) is 12.3 Å². The smallest absolute Gasteiger partial charge is 0.146 e. The van der Waals surface area contributed by atoms with Crippen LogP contribution in [0.3, 0.4) is 0 Å². The lowest BCUT2D eigenvalue weighted by atomic mass is 10.3. The third-order valence-electron chi connectivity index (χ3n) is 1.51. The summed E-state index contributed by atoms with van der Waals surface area (Å²) in [6, 6.07) is 4.75. The average molecular weight is 242 g/mol. The van der Waals surface area contributed by atoms with Gasteiger partial charge in [0.25, 0.3) is 0 Å². The van der Waals surface area contributed by atoms with E-state index in [1.165, 1.54) is 6.07 Å². The molecule has 0 heterocycles. The van der Waals surface area contributed by atoms with Crippen molar-refractivity contribution in [1.82, 2.24) is 0 Å². The van der Waals surface area contributed by atoms with Gasteiger partial charge in [0, 0.05) is 17.4 Å². The molecule has 1 N–H and O–H groups in total. The lowest BCUT2D eigenvalue weighted by molar-refractivity contribution is 0.630. The van der Waals surface area contributed by atoms with Gasteiger partial charge in [0.2, 0.25) is 0 Å². The first-order valence-electron chi connectivity index (χ1n) is 3.86. The molecule has 68 valence electrons. The highest BCUT2D eigenvalue weighted by atomic mass is 79.9. The van der Waals surface area contributed by atoms with E-state index in [4.69, 9.17) is 6.42 Å². The number of terminal acetylenes is 1. The standard InChI is InChI=1S/C10H9BrFN/c1-2-3-6-13-10-7-8(11)4-5-9(10)12/h1,4-5,7,13H,3,6H2. The maximum absolute atomic E-state index is 13.1. The molecule has 0 amide bonds. The Bertz CT molecular complexity index is 330. The van der Waals surface area contributed by atoms with E-state index in [1.807, 2.05) is 0 Å². The fourth-order valence-electron chi connectivity index (χ4n) is 0.902. The Labute approximate surface area is 85.5 Å². The monoisotopic (exact) mass is 241 g/mol. The molecule has 0 radical (unpaired) electrons. The molecular formula is C10H9BrFN. The number of anilines is 1. The van der Waals surface area contributed by atoms with Crippen molar-refractivity contribution in [3.63, 3.8) is 0 Å². The van der Waals surface area contributed by atoms with E-state index in [1.54, 1.807) is 12.1 Å². The number of nitrogens with one attached hydrogen (secondary N) is 1. The predicted molar refractivity (Wildman–Crippen MR) is 56.0 cm³/mol. The molecule has 1 nitrogen and oxygen atoms in total. The molecule has 0 bridgehead atoms. The molecular weight excluding hydrogens is 233 g/mol. The third kappa shape index (κ3) is 3.08. The number of hydrogen-bond acceptors (Lipinski definition) is 1. The van der Waals surface area contributed by atoms with Crippen LogP contribution in [0.5, 0.6) is 0 Å². The molecule has 0 aromatic heterocycles. The third-order valence-corrected chi connectivity index (χ3v) is 2.01. The zero-order valence-electron chi connectivity index (χ0n) is 6.98. The molecule has 3 heteroatoms. The summed E-state index contributed by atoms with van der Waals surface area (Å²) in [5.41, 5.74) is 0.477. The van der Waals surface area contributed by atoms with Gasteiger partial charge in [0.1, 0.15) is 5.82 Å². The van der Waals surface area contributed by atoms with Gasteiger partial charge >= 0.3 is 0 Å². The summed E-state index contributed by atoms with van der Waals surface area (Å²) in [6.07, 6.45) is 5.66. The van der Waals surface area contributed by atoms with Gasteiger partial charge in [0.05, 0.1) is 5.69 Å². The molecule has 0 fully saturated rings. The number of benzene rings is 1. The van der Waals surface area contributed by atoms with Crippen molar-refractivity contribution in [3.05, 3.63) is 28.5 Å².